The average molecular weight is 272 g/mol. The van der Waals surface area contributed by atoms with Gasteiger partial charge < -0.3 is 5.32 Å². The number of hydrogen-bond donors (Lipinski definition) is 2. The predicted octanol–water partition coefficient (Wildman–Crippen LogP) is 2.35. The molecular weight excluding hydrogens is 244 g/mol. The molecule has 1 saturated heterocycles. The van der Waals surface area contributed by atoms with Gasteiger partial charge in [-0.1, -0.05) is 19.8 Å². The first-order valence-corrected chi connectivity index (χ1v) is 8.77. The highest BCUT2D eigenvalue weighted by atomic mass is 32.2. The lowest BCUT2D eigenvalue weighted by Crippen LogP contribution is -2.53. The van der Waals surface area contributed by atoms with Gasteiger partial charge in [0.25, 0.3) is 0 Å². The van der Waals surface area contributed by atoms with Gasteiger partial charge in [-0.25, -0.2) is 8.93 Å². The van der Waals surface area contributed by atoms with Crippen LogP contribution in [0.2, 0.25) is 0 Å². The molecule has 18 heavy (non-hydrogen) atoms. The van der Waals surface area contributed by atoms with Crippen molar-refractivity contribution in [2.75, 3.05) is 13.1 Å². The Balaban J connectivity index is 2.01. The van der Waals surface area contributed by atoms with Gasteiger partial charge in [-0.3, -0.25) is 0 Å². The second-order valence-corrected chi connectivity index (χ2v) is 7.68. The van der Waals surface area contributed by atoms with E-state index in [-0.39, 0.29) is 5.25 Å². The van der Waals surface area contributed by atoms with E-state index in [1.165, 1.54) is 38.5 Å². The number of hydrogen-bond acceptors (Lipinski definition) is 2. The van der Waals surface area contributed by atoms with Crippen molar-refractivity contribution >= 4 is 11.0 Å². The normalized spacial score (nSPS) is 31.1. The molecule has 1 aliphatic carbocycles. The van der Waals surface area contributed by atoms with Gasteiger partial charge in [0.05, 0.1) is 11.0 Å². The molecular formula is C14H28N2OS. The fourth-order valence-electron chi connectivity index (χ4n) is 3.42. The highest BCUT2D eigenvalue weighted by Crippen LogP contribution is 2.43. The molecule has 0 bridgehead atoms. The van der Waals surface area contributed by atoms with E-state index in [1.807, 2.05) is 0 Å². The Kier molecular flexibility index (Phi) is 5.22. The lowest BCUT2D eigenvalue weighted by molar-refractivity contribution is 0.0962. The van der Waals surface area contributed by atoms with Crippen molar-refractivity contribution in [1.82, 2.24) is 10.0 Å². The summed E-state index contributed by atoms with van der Waals surface area (Å²) in [7, 11) is -0.860. The maximum atomic E-state index is 12.3. The fraction of sp³-hybridized carbons (Fsp3) is 1.00. The molecule has 4 heteroatoms. The summed E-state index contributed by atoms with van der Waals surface area (Å²) in [6, 6.07) is 0.475. The molecule has 2 aliphatic rings. The lowest BCUT2D eigenvalue weighted by atomic mass is 9.65. The average Bonchev–Trinajstić information content (AvgIpc) is 2.41. The smallest absolute Gasteiger partial charge is 0.0946 e. The third kappa shape index (κ3) is 3.14. The highest BCUT2D eigenvalue weighted by molar-refractivity contribution is 7.83. The zero-order chi connectivity index (χ0) is 13.0. The van der Waals surface area contributed by atoms with E-state index in [9.17, 15) is 4.21 Å². The summed E-state index contributed by atoms with van der Waals surface area (Å²) >= 11 is 0. The van der Waals surface area contributed by atoms with Crippen molar-refractivity contribution in [3.63, 3.8) is 0 Å². The molecule has 2 N–H and O–H groups in total. The van der Waals surface area contributed by atoms with Gasteiger partial charge in [0.1, 0.15) is 0 Å². The Morgan fingerprint density at radius 1 is 1.33 bits per heavy atom. The van der Waals surface area contributed by atoms with Gasteiger partial charge in [-0.05, 0) is 57.5 Å². The van der Waals surface area contributed by atoms with Crippen molar-refractivity contribution in [2.45, 2.75) is 70.1 Å². The Bertz CT molecular complexity index is 281. The number of nitrogens with one attached hydrogen (secondary N) is 2. The summed E-state index contributed by atoms with van der Waals surface area (Å²) in [6.07, 6.45) is 8.68. The van der Waals surface area contributed by atoms with Crippen LogP contribution in [0, 0.1) is 5.41 Å². The Hall–Kier alpha value is 0.0700. The predicted molar refractivity (Wildman–Crippen MR) is 77.8 cm³/mol. The van der Waals surface area contributed by atoms with E-state index in [0.717, 1.165) is 19.5 Å². The van der Waals surface area contributed by atoms with Gasteiger partial charge in [0.15, 0.2) is 0 Å². The molecule has 1 aliphatic heterocycles. The summed E-state index contributed by atoms with van der Waals surface area (Å²) in [4.78, 5) is 0. The first-order chi connectivity index (χ1) is 8.68. The molecule has 1 unspecified atom stereocenters. The summed E-state index contributed by atoms with van der Waals surface area (Å²) < 4.78 is 15.7. The van der Waals surface area contributed by atoms with Crippen molar-refractivity contribution in [3.05, 3.63) is 0 Å². The Morgan fingerprint density at radius 3 is 2.72 bits per heavy atom. The molecule has 0 aromatic carbocycles. The lowest BCUT2D eigenvalue weighted by Gasteiger charge is -2.47. The van der Waals surface area contributed by atoms with Gasteiger partial charge in [-0.2, -0.15) is 0 Å². The Morgan fingerprint density at radius 2 is 2.06 bits per heavy atom. The minimum absolute atomic E-state index is 0.269. The van der Waals surface area contributed by atoms with Crippen LogP contribution in [0.3, 0.4) is 0 Å². The molecule has 1 spiro atoms. The van der Waals surface area contributed by atoms with Crippen LogP contribution >= 0.6 is 0 Å². The molecule has 3 nitrogen and oxygen atoms in total. The van der Waals surface area contributed by atoms with E-state index in [4.69, 9.17) is 0 Å². The molecule has 0 amide bonds. The number of rotatable bonds is 4. The van der Waals surface area contributed by atoms with Crippen molar-refractivity contribution in [1.29, 1.82) is 0 Å². The van der Waals surface area contributed by atoms with Crippen LogP contribution in [0.4, 0.5) is 0 Å². The van der Waals surface area contributed by atoms with Gasteiger partial charge in [0.2, 0.25) is 0 Å². The molecule has 1 saturated carbocycles. The van der Waals surface area contributed by atoms with Crippen LogP contribution in [0.25, 0.3) is 0 Å². The number of piperidine rings is 1. The van der Waals surface area contributed by atoms with E-state index in [1.54, 1.807) is 0 Å². The Labute approximate surface area is 114 Å². The third-order valence-electron chi connectivity index (χ3n) is 4.95. The van der Waals surface area contributed by atoms with Gasteiger partial charge in [-0.15, -0.1) is 0 Å². The van der Waals surface area contributed by atoms with Crippen molar-refractivity contribution in [3.8, 4) is 0 Å². The first kappa shape index (κ1) is 14.5. The highest BCUT2D eigenvalue weighted by Gasteiger charge is 2.42. The standard InChI is InChI=1S/C14H28N2OS/c1-3-12(2)18(17)16-13-6-4-5-7-14(13)8-10-15-11-9-14/h12-13,15-16H,3-11H2,1-2H3/t12-,13-,18?/m1/s1. The SMILES string of the molecule is CC[C@@H](C)S(=O)N[C@@H]1CCCCC12CCNCC2. The molecule has 3 atom stereocenters. The van der Waals surface area contributed by atoms with Gasteiger partial charge >= 0.3 is 0 Å². The van der Waals surface area contributed by atoms with E-state index in [0.29, 0.717) is 11.5 Å². The zero-order valence-electron chi connectivity index (χ0n) is 11.8. The topological polar surface area (TPSA) is 41.1 Å². The van der Waals surface area contributed by atoms with Crippen LogP contribution in [0.1, 0.15) is 58.8 Å². The zero-order valence-corrected chi connectivity index (χ0v) is 12.7. The maximum absolute atomic E-state index is 12.3. The van der Waals surface area contributed by atoms with Gasteiger partial charge in [0, 0.05) is 11.3 Å². The molecule has 0 aromatic heterocycles. The molecule has 0 radical (unpaired) electrons. The quantitative estimate of drug-likeness (QED) is 0.825. The maximum Gasteiger partial charge on any atom is 0.0946 e. The van der Waals surface area contributed by atoms with Crippen LogP contribution in [-0.4, -0.2) is 28.6 Å². The minimum atomic E-state index is -0.860. The second kappa shape index (κ2) is 6.49. The molecule has 0 aromatic rings. The molecule has 2 fully saturated rings. The van der Waals surface area contributed by atoms with Crippen molar-refractivity contribution < 1.29 is 4.21 Å². The fourth-order valence-corrected chi connectivity index (χ4v) is 4.60. The largest absolute Gasteiger partial charge is 0.317 e. The van der Waals surface area contributed by atoms with Crippen LogP contribution in [0.15, 0.2) is 0 Å². The van der Waals surface area contributed by atoms with Crippen LogP contribution in [-0.2, 0) is 11.0 Å². The monoisotopic (exact) mass is 272 g/mol. The third-order valence-corrected chi connectivity index (χ3v) is 6.54. The molecule has 2 rings (SSSR count). The summed E-state index contributed by atoms with van der Waals surface area (Å²) in [6.45, 7) is 6.47. The van der Waals surface area contributed by atoms with Crippen molar-refractivity contribution in [2.24, 2.45) is 5.41 Å². The summed E-state index contributed by atoms with van der Waals surface area (Å²) in [5, 5.41) is 3.73. The minimum Gasteiger partial charge on any atom is -0.317 e. The van der Waals surface area contributed by atoms with E-state index >= 15 is 0 Å². The van der Waals surface area contributed by atoms with E-state index in [2.05, 4.69) is 23.9 Å². The van der Waals surface area contributed by atoms with Crippen LogP contribution in [0.5, 0.6) is 0 Å². The van der Waals surface area contributed by atoms with E-state index < -0.39 is 11.0 Å². The second-order valence-electron chi connectivity index (χ2n) is 6.04. The molecule has 1 heterocycles. The molecule has 106 valence electrons. The summed E-state index contributed by atoms with van der Waals surface area (Å²) in [5.74, 6) is 0. The first-order valence-electron chi connectivity index (χ1n) is 7.55. The van der Waals surface area contributed by atoms with Crippen LogP contribution < -0.4 is 10.0 Å². The summed E-state index contributed by atoms with van der Waals surface area (Å²) in [5.41, 5.74) is 0.423.